The fraction of sp³-hybridized carbons (Fsp3) is 0.273. The number of anilines is 1. The average molecular weight is 309 g/mol. The molecule has 0 spiro atoms. The van der Waals surface area contributed by atoms with Crippen molar-refractivity contribution in [3.8, 4) is 0 Å². The van der Waals surface area contributed by atoms with Gasteiger partial charge in [0.2, 0.25) is 5.89 Å². The molecule has 3 rings (SSSR count). The van der Waals surface area contributed by atoms with Crippen LogP contribution in [0.2, 0.25) is 0 Å². The van der Waals surface area contributed by atoms with E-state index in [0.717, 1.165) is 12.8 Å². The van der Waals surface area contributed by atoms with Crippen LogP contribution in [0.5, 0.6) is 0 Å². The Kier molecular flexibility index (Phi) is 2.83. The number of amides is 1. The fourth-order valence-electron chi connectivity index (χ4n) is 1.46. The first-order valence-corrected chi connectivity index (χ1v) is 6.28. The molecule has 0 bridgehead atoms. The van der Waals surface area contributed by atoms with Gasteiger partial charge in [0.25, 0.3) is 5.91 Å². The van der Waals surface area contributed by atoms with Crippen LogP contribution >= 0.6 is 15.9 Å². The second-order valence-electron chi connectivity index (χ2n) is 4.04. The van der Waals surface area contributed by atoms with Gasteiger partial charge in [0.05, 0.1) is 5.56 Å². The van der Waals surface area contributed by atoms with Crippen LogP contribution in [0.4, 0.5) is 6.01 Å². The van der Waals surface area contributed by atoms with E-state index < -0.39 is 0 Å². The lowest BCUT2D eigenvalue weighted by molar-refractivity contribution is 0.102. The van der Waals surface area contributed by atoms with Gasteiger partial charge >= 0.3 is 6.01 Å². The van der Waals surface area contributed by atoms with E-state index >= 15 is 0 Å². The summed E-state index contributed by atoms with van der Waals surface area (Å²) in [7, 11) is 0. The molecule has 0 saturated heterocycles. The fourth-order valence-corrected chi connectivity index (χ4v) is 1.69. The third-order valence-corrected chi connectivity index (χ3v) is 3.05. The average Bonchev–Trinajstić information content (AvgIpc) is 3.11. The van der Waals surface area contributed by atoms with Crippen LogP contribution in [-0.4, -0.2) is 21.1 Å². The third-order valence-electron chi connectivity index (χ3n) is 2.58. The number of aromatic nitrogens is 3. The van der Waals surface area contributed by atoms with Crippen molar-refractivity contribution in [1.29, 1.82) is 0 Å². The number of nitrogens with zero attached hydrogens (tertiary/aromatic N) is 3. The number of halogens is 1. The van der Waals surface area contributed by atoms with Gasteiger partial charge in [0.1, 0.15) is 4.60 Å². The number of rotatable bonds is 3. The summed E-state index contributed by atoms with van der Waals surface area (Å²) in [5, 5.41) is 10.2. The number of pyridine rings is 1. The lowest BCUT2D eigenvalue weighted by Crippen LogP contribution is -2.12. The summed E-state index contributed by atoms with van der Waals surface area (Å²) in [5.41, 5.74) is 0.435. The zero-order valence-corrected chi connectivity index (χ0v) is 10.8. The van der Waals surface area contributed by atoms with Crippen molar-refractivity contribution in [3.63, 3.8) is 0 Å². The second-order valence-corrected chi connectivity index (χ2v) is 4.86. The molecule has 1 fully saturated rings. The van der Waals surface area contributed by atoms with E-state index in [1.165, 1.54) is 6.20 Å². The molecular formula is C11H9BrN4O2. The summed E-state index contributed by atoms with van der Waals surface area (Å²) in [4.78, 5) is 15.8. The van der Waals surface area contributed by atoms with E-state index in [4.69, 9.17) is 4.42 Å². The van der Waals surface area contributed by atoms with Crippen LogP contribution in [0.1, 0.15) is 35.0 Å². The summed E-state index contributed by atoms with van der Waals surface area (Å²) in [6.07, 6.45) is 3.62. The van der Waals surface area contributed by atoms with E-state index in [1.54, 1.807) is 12.1 Å². The lowest BCUT2D eigenvalue weighted by atomic mass is 10.3. The molecule has 1 aliphatic carbocycles. The number of carbonyl (C=O) groups excluding carboxylic acids is 1. The molecule has 1 N–H and O–H groups in total. The van der Waals surface area contributed by atoms with Crippen molar-refractivity contribution in [1.82, 2.24) is 15.2 Å². The number of carbonyl (C=O) groups is 1. The molecule has 0 atom stereocenters. The first-order valence-electron chi connectivity index (χ1n) is 5.48. The Balaban J connectivity index is 1.70. The molecule has 0 unspecified atom stereocenters. The Morgan fingerprint density at radius 2 is 2.22 bits per heavy atom. The summed E-state index contributed by atoms with van der Waals surface area (Å²) in [6.45, 7) is 0. The van der Waals surface area contributed by atoms with Crippen molar-refractivity contribution in [2.75, 3.05) is 5.32 Å². The molecular weight excluding hydrogens is 300 g/mol. The SMILES string of the molecule is O=C(Nc1nnc(C2CC2)o1)c1ccc(Br)nc1. The standard InChI is InChI=1S/C11H9BrN4O2/c12-8-4-3-7(5-13-8)9(17)14-11-16-15-10(18-11)6-1-2-6/h3-6H,1-2H2,(H,14,16,17). The van der Waals surface area contributed by atoms with Gasteiger partial charge in [-0.1, -0.05) is 5.10 Å². The Morgan fingerprint density at radius 1 is 1.39 bits per heavy atom. The molecule has 92 valence electrons. The van der Waals surface area contributed by atoms with Gasteiger partial charge in [-0.05, 0) is 40.9 Å². The maximum atomic E-state index is 11.8. The topological polar surface area (TPSA) is 80.9 Å². The van der Waals surface area contributed by atoms with Gasteiger partial charge in [0, 0.05) is 12.1 Å². The van der Waals surface area contributed by atoms with Crippen molar-refractivity contribution < 1.29 is 9.21 Å². The lowest BCUT2D eigenvalue weighted by Gasteiger charge is -1.99. The van der Waals surface area contributed by atoms with Crippen LogP contribution in [0.15, 0.2) is 27.3 Å². The molecule has 2 aromatic rings. The smallest absolute Gasteiger partial charge is 0.322 e. The van der Waals surface area contributed by atoms with E-state index in [1.807, 2.05) is 0 Å². The molecule has 0 aliphatic heterocycles. The number of hydrogen-bond donors (Lipinski definition) is 1. The normalized spacial score (nSPS) is 14.5. The zero-order chi connectivity index (χ0) is 12.5. The maximum absolute atomic E-state index is 11.8. The minimum absolute atomic E-state index is 0.129. The van der Waals surface area contributed by atoms with Gasteiger partial charge in [-0.3, -0.25) is 10.1 Å². The highest BCUT2D eigenvalue weighted by molar-refractivity contribution is 9.10. The first-order chi connectivity index (χ1) is 8.72. The van der Waals surface area contributed by atoms with E-state index in [2.05, 4.69) is 36.4 Å². The van der Waals surface area contributed by atoms with Gasteiger partial charge in [0.15, 0.2) is 0 Å². The van der Waals surface area contributed by atoms with Crippen LogP contribution in [-0.2, 0) is 0 Å². The quantitative estimate of drug-likeness (QED) is 0.880. The van der Waals surface area contributed by atoms with Crippen molar-refractivity contribution >= 4 is 27.9 Å². The van der Waals surface area contributed by atoms with Crippen LogP contribution in [0.3, 0.4) is 0 Å². The summed E-state index contributed by atoms with van der Waals surface area (Å²) >= 11 is 3.20. The third kappa shape index (κ3) is 2.40. The monoisotopic (exact) mass is 308 g/mol. The Bertz CT molecular complexity index is 577. The molecule has 2 aromatic heterocycles. The van der Waals surface area contributed by atoms with Crippen molar-refractivity contribution in [2.24, 2.45) is 0 Å². The van der Waals surface area contributed by atoms with E-state index in [-0.39, 0.29) is 11.9 Å². The molecule has 7 heteroatoms. The Morgan fingerprint density at radius 3 is 2.89 bits per heavy atom. The van der Waals surface area contributed by atoms with Gasteiger partial charge < -0.3 is 4.42 Å². The maximum Gasteiger partial charge on any atom is 0.322 e. The van der Waals surface area contributed by atoms with Crippen LogP contribution in [0.25, 0.3) is 0 Å². The van der Waals surface area contributed by atoms with Crippen molar-refractivity contribution in [3.05, 3.63) is 34.4 Å². The Labute approximate surface area is 111 Å². The minimum atomic E-state index is -0.319. The highest BCUT2D eigenvalue weighted by Crippen LogP contribution is 2.39. The van der Waals surface area contributed by atoms with Crippen LogP contribution < -0.4 is 5.32 Å². The summed E-state index contributed by atoms with van der Waals surface area (Å²) in [5.74, 6) is 0.651. The molecule has 0 aromatic carbocycles. The van der Waals surface area contributed by atoms with Crippen LogP contribution in [0, 0.1) is 0 Å². The van der Waals surface area contributed by atoms with Crippen molar-refractivity contribution in [2.45, 2.75) is 18.8 Å². The van der Waals surface area contributed by atoms with E-state index in [0.29, 0.717) is 22.0 Å². The highest BCUT2D eigenvalue weighted by Gasteiger charge is 2.29. The molecule has 1 aliphatic rings. The molecule has 1 amide bonds. The first kappa shape index (κ1) is 11.3. The number of nitrogens with one attached hydrogen (secondary N) is 1. The predicted molar refractivity (Wildman–Crippen MR) is 66.2 cm³/mol. The molecule has 6 nitrogen and oxygen atoms in total. The summed E-state index contributed by atoms with van der Waals surface area (Å²) < 4.78 is 6.01. The minimum Gasteiger partial charge on any atom is -0.408 e. The molecule has 0 radical (unpaired) electrons. The number of hydrogen-bond acceptors (Lipinski definition) is 5. The molecule has 1 saturated carbocycles. The Hall–Kier alpha value is -1.76. The molecule has 2 heterocycles. The summed E-state index contributed by atoms with van der Waals surface area (Å²) in [6, 6.07) is 3.48. The van der Waals surface area contributed by atoms with Gasteiger partial charge in [-0.15, -0.1) is 5.10 Å². The van der Waals surface area contributed by atoms with E-state index in [9.17, 15) is 4.79 Å². The largest absolute Gasteiger partial charge is 0.408 e. The van der Waals surface area contributed by atoms with Gasteiger partial charge in [-0.25, -0.2) is 4.98 Å². The zero-order valence-electron chi connectivity index (χ0n) is 9.26. The second kappa shape index (κ2) is 4.49. The molecule has 18 heavy (non-hydrogen) atoms. The highest BCUT2D eigenvalue weighted by atomic mass is 79.9. The van der Waals surface area contributed by atoms with Gasteiger partial charge in [-0.2, -0.15) is 0 Å². The predicted octanol–water partition coefficient (Wildman–Crippen LogP) is 2.36.